The topological polar surface area (TPSA) is 0 Å². The highest BCUT2D eigenvalue weighted by molar-refractivity contribution is 9.09. The van der Waals surface area contributed by atoms with Crippen LogP contribution in [0.3, 0.4) is 0 Å². The van der Waals surface area contributed by atoms with Gasteiger partial charge in [-0.1, -0.05) is 42.6 Å². The predicted molar refractivity (Wildman–Crippen MR) is 73.6 cm³/mol. The molecule has 0 amide bonds. The van der Waals surface area contributed by atoms with Gasteiger partial charge in [-0.25, -0.2) is 0 Å². The first-order valence-corrected chi connectivity index (χ1v) is 7.70. The smallest absolute Gasteiger partial charge is 0.0784 e. The molecule has 0 rings (SSSR count). The Hall–Kier alpha value is 0.730. The van der Waals surface area contributed by atoms with Crippen LogP contribution >= 0.6 is 15.9 Å². The van der Waals surface area contributed by atoms with Crippen LogP contribution in [0.15, 0.2) is 0 Å². The molecule has 100 valence electrons. The maximum absolute atomic E-state index is 3.52. The zero-order valence-corrected chi connectivity index (χ0v) is 13.6. The molecule has 0 N–H and O–H groups in total. The summed E-state index contributed by atoms with van der Waals surface area (Å²) in [6.07, 6.45) is 8.13. The zero-order chi connectivity index (χ0) is 11.6. The van der Waals surface area contributed by atoms with Gasteiger partial charge in [0.25, 0.3) is 0 Å². The summed E-state index contributed by atoms with van der Waals surface area (Å²) < 4.78 is 1.30. The Morgan fingerprint density at radius 3 is 1.62 bits per heavy atom. The van der Waals surface area contributed by atoms with Gasteiger partial charge < -0.3 is 16.9 Å². The number of quaternary nitrogens is 1. The molecule has 0 saturated heterocycles. The Balaban J connectivity index is 0. The molecule has 0 unspecified atom stereocenters. The standard InChI is InChI=1S/C13H29BrN.ClH/c1-4-6-11-15(3,12-7-5-2)13-9-8-10-14;/h4-13H2,1-3H3;1H/q+1;/p-1. The fourth-order valence-corrected chi connectivity index (χ4v) is 2.40. The molecule has 0 aromatic rings. The van der Waals surface area contributed by atoms with E-state index in [2.05, 4.69) is 36.8 Å². The third-order valence-corrected chi connectivity index (χ3v) is 3.75. The van der Waals surface area contributed by atoms with E-state index in [0.29, 0.717) is 0 Å². The first-order chi connectivity index (χ1) is 7.18. The Labute approximate surface area is 117 Å². The molecule has 0 saturated carbocycles. The molecule has 0 atom stereocenters. The van der Waals surface area contributed by atoms with Crippen LogP contribution in [-0.4, -0.2) is 36.5 Å². The summed E-state index contributed by atoms with van der Waals surface area (Å²) in [6, 6.07) is 0. The molecule has 0 aromatic heterocycles. The quantitative estimate of drug-likeness (QED) is 0.323. The molecule has 0 spiro atoms. The maximum atomic E-state index is 3.52. The molecular weight excluding hydrogens is 286 g/mol. The summed E-state index contributed by atoms with van der Waals surface area (Å²) in [6.45, 7) is 8.70. The first-order valence-electron chi connectivity index (χ1n) is 6.58. The number of unbranched alkanes of at least 4 members (excludes halogenated alkanes) is 3. The number of nitrogens with zero attached hydrogens (tertiary/aromatic N) is 1. The van der Waals surface area contributed by atoms with Gasteiger partial charge in [0.2, 0.25) is 0 Å². The van der Waals surface area contributed by atoms with E-state index in [-0.39, 0.29) is 12.4 Å². The van der Waals surface area contributed by atoms with Crippen LogP contribution in [0.5, 0.6) is 0 Å². The van der Waals surface area contributed by atoms with Gasteiger partial charge in [-0.05, 0) is 25.7 Å². The minimum atomic E-state index is 0. The van der Waals surface area contributed by atoms with Crippen molar-refractivity contribution >= 4 is 15.9 Å². The number of halogens is 2. The number of alkyl halides is 1. The lowest BCUT2D eigenvalue weighted by Gasteiger charge is -2.34. The second-order valence-corrected chi connectivity index (χ2v) is 5.69. The normalized spacial score (nSPS) is 11.2. The molecule has 1 nitrogen and oxygen atoms in total. The highest BCUT2D eigenvalue weighted by Gasteiger charge is 2.19. The van der Waals surface area contributed by atoms with Crippen molar-refractivity contribution in [2.45, 2.75) is 52.4 Å². The van der Waals surface area contributed by atoms with E-state index in [9.17, 15) is 0 Å². The van der Waals surface area contributed by atoms with E-state index < -0.39 is 0 Å². The molecule has 0 aliphatic rings. The molecule has 0 fully saturated rings. The summed E-state index contributed by atoms with van der Waals surface area (Å²) in [7, 11) is 2.44. The van der Waals surface area contributed by atoms with Gasteiger partial charge in [0.1, 0.15) is 0 Å². The van der Waals surface area contributed by atoms with Crippen molar-refractivity contribution < 1.29 is 16.9 Å². The van der Waals surface area contributed by atoms with Crippen molar-refractivity contribution in [3.05, 3.63) is 0 Å². The Kier molecular flexibility index (Phi) is 14.5. The average molecular weight is 315 g/mol. The minimum absolute atomic E-state index is 0. The molecule has 3 heteroatoms. The second kappa shape index (κ2) is 12.2. The fraction of sp³-hybridized carbons (Fsp3) is 1.00. The van der Waals surface area contributed by atoms with Gasteiger partial charge in [-0.2, -0.15) is 0 Å². The van der Waals surface area contributed by atoms with Crippen molar-refractivity contribution in [2.24, 2.45) is 0 Å². The third kappa shape index (κ3) is 9.92. The van der Waals surface area contributed by atoms with Crippen molar-refractivity contribution in [1.82, 2.24) is 0 Å². The van der Waals surface area contributed by atoms with Crippen LogP contribution in [-0.2, 0) is 0 Å². The van der Waals surface area contributed by atoms with Crippen LogP contribution < -0.4 is 12.4 Å². The average Bonchev–Trinajstić information content (AvgIpc) is 2.24. The predicted octanol–water partition coefficient (Wildman–Crippen LogP) is 1.21. The lowest BCUT2D eigenvalue weighted by Crippen LogP contribution is -3.00. The molecule has 0 bridgehead atoms. The first kappa shape index (κ1) is 19.1. The number of hydrogen-bond donors (Lipinski definition) is 0. The highest BCUT2D eigenvalue weighted by atomic mass is 79.9. The molecule has 0 aliphatic carbocycles. The molecule has 0 radical (unpaired) electrons. The third-order valence-electron chi connectivity index (χ3n) is 3.18. The van der Waals surface area contributed by atoms with Crippen molar-refractivity contribution in [2.75, 3.05) is 32.0 Å². The largest absolute Gasteiger partial charge is 1.00 e. The van der Waals surface area contributed by atoms with E-state index in [1.807, 2.05) is 0 Å². The summed E-state index contributed by atoms with van der Waals surface area (Å²) in [5.41, 5.74) is 0. The van der Waals surface area contributed by atoms with Crippen LogP contribution in [0.4, 0.5) is 0 Å². The monoisotopic (exact) mass is 313 g/mol. The summed E-state index contributed by atoms with van der Waals surface area (Å²) in [5, 5.41) is 1.16. The Bertz CT molecular complexity index is 134. The zero-order valence-electron chi connectivity index (χ0n) is 11.3. The van der Waals surface area contributed by atoms with E-state index in [4.69, 9.17) is 0 Å². The Morgan fingerprint density at radius 2 is 1.25 bits per heavy atom. The van der Waals surface area contributed by atoms with Gasteiger partial charge in [0.05, 0.1) is 26.7 Å². The number of hydrogen-bond acceptors (Lipinski definition) is 0. The molecule has 16 heavy (non-hydrogen) atoms. The van der Waals surface area contributed by atoms with E-state index in [0.717, 1.165) is 5.33 Å². The minimum Gasteiger partial charge on any atom is -1.00 e. The highest BCUT2D eigenvalue weighted by Crippen LogP contribution is 2.11. The van der Waals surface area contributed by atoms with E-state index in [1.165, 1.54) is 62.6 Å². The lowest BCUT2D eigenvalue weighted by molar-refractivity contribution is -0.910. The van der Waals surface area contributed by atoms with Gasteiger partial charge in [0, 0.05) is 5.33 Å². The van der Waals surface area contributed by atoms with Crippen LogP contribution in [0.25, 0.3) is 0 Å². The van der Waals surface area contributed by atoms with E-state index in [1.54, 1.807) is 0 Å². The summed E-state index contributed by atoms with van der Waals surface area (Å²) >= 11 is 3.52. The van der Waals surface area contributed by atoms with Crippen LogP contribution in [0.1, 0.15) is 52.4 Å². The van der Waals surface area contributed by atoms with Crippen molar-refractivity contribution in [1.29, 1.82) is 0 Å². The Morgan fingerprint density at radius 1 is 0.812 bits per heavy atom. The lowest BCUT2D eigenvalue weighted by atomic mass is 10.2. The van der Waals surface area contributed by atoms with Gasteiger partial charge in [0.15, 0.2) is 0 Å². The maximum Gasteiger partial charge on any atom is 0.0784 e. The van der Waals surface area contributed by atoms with Crippen molar-refractivity contribution in [3.8, 4) is 0 Å². The molecule has 0 aromatic carbocycles. The SMILES string of the molecule is CCCC[N+](C)(CCCC)CCCCBr.[Cl-]. The molecule has 0 aliphatic heterocycles. The second-order valence-electron chi connectivity index (χ2n) is 4.89. The van der Waals surface area contributed by atoms with Gasteiger partial charge in [-0.15, -0.1) is 0 Å². The fourth-order valence-electron chi connectivity index (χ4n) is 2.00. The summed E-state index contributed by atoms with van der Waals surface area (Å²) in [4.78, 5) is 0. The molecule has 0 heterocycles. The van der Waals surface area contributed by atoms with Gasteiger partial charge >= 0.3 is 0 Å². The molecular formula is C13H29BrClN. The van der Waals surface area contributed by atoms with Crippen LogP contribution in [0, 0.1) is 0 Å². The summed E-state index contributed by atoms with van der Waals surface area (Å²) in [5.74, 6) is 0. The van der Waals surface area contributed by atoms with Crippen molar-refractivity contribution in [3.63, 3.8) is 0 Å². The number of rotatable bonds is 10. The van der Waals surface area contributed by atoms with Crippen LogP contribution in [0.2, 0.25) is 0 Å². The van der Waals surface area contributed by atoms with E-state index >= 15 is 0 Å². The van der Waals surface area contributed by atoms with Gasteiger partial charge in [-0.3, -0.25) is 0 Å².